The first-order chi connectivity index (χ1) is 13.2. The topological polar surface area (TPSA) is 49.4 Å². The van der Waals surface area contributed by atoms with E-state index in [0.717, 1.165) is 17.7 Å². The van der Waals surface area contributed by atoms with E-state index in [-0.39, 0.29) is 11.5 Å². The number of amides is 2. The molecule has 28 heavy (non-hydrogen) atoms. The van der Waals surface area contributed by atoms with E-state index >= 15 is 0 Å². The summed E-state index contributed by atoms with van der Waals surface area (Å²) in [6.45, 7) is 4.38. The Kier molecular flexibility index (Phi) is 6.98. The Morgan fingerprint density at radius 1 is 1.11 bits per heavy atom. The zero-order valence-corrected chi connectivity index (χ0v) is 15.6. The monoisotopic (exact) mass is 390 g/mol. The third-order valence-electron chi connectivity index (χ3n) is 4.04. The van der Waals surface area contributed by atoms with E-state index in [1.165, 1.54) is 31.2 Å². The summed E-state index contributed by atoms with van der Waals surface area (Å²) in [6, 6.07) is 11.8. The molecule has 0 atom stereocenters. The van der Waals surface area contributed by atoms with E-state index < -0.39 is 17.6 Å². The van der Waals surface area contributed by atoms with Gasteiger partial charge in [0.05, 0.1) is 5.56 Å². The molecule has 0 saturated heterocycles. The second-order valence-corrected chi connectivity index (χ2v) is 6.18. The smallest absolute Gasteiger partial charge is 0.339 e. The number of anilines is 1. The molecular formula is C21H21F3N2O2. The number of halogens is 3. The highest BCUT2D eigenvalue weighted by Crippen LogP contribution is 2.29. The summed E-state index contributed by atoms with van der Waals surface area (Å²) in [6.07, 6.45) is -1.93. The average molecular weight is 390 g/mol. The number of benzene rings is 2. The summed E-state index contributed by atoms with van der Waals surface area (Å²) >= 11 is 0. The molecule has 2 aromatic carbocycles. The van der Waals surface area contributed by atoms with Crippen molar-refractivity contribution in [2.24, 2.45) is 0 Å². The highest BCUT2D eigenvalue weighted by Gasteiger charge is 2.30. The summed E-state index contributed by atoms with van der Waals surface area (Å²) in [5.41, 5.74) is 0.903. The fraction of sp³-hybridized carbons (Fsp3) is 0.238. The predicted molar refractivity (Wildman–Crippen MR) is 102 cm³/mol. The minimum atomic E-state index is -4.43. The summed E-state index contributed by atoms with van der Waals surface area (Å²) in [7, 11) is 0. The van der Waals surface area contributed by atoms with Crippen LogP contribution in [-0.2, 0) is 22.3 Å². The van der Waals surface area contributed by atoms with E-state index in [0.29, 0.717) is 18.8 Å². The molecule has 0 unspecified atom stereocenters. The maximum Gasteiger partial charge on any atom is 0.416 e. The third-order valence-corrected chi connectivity index (χ3v) is 4.04. The van der Waals surface area contributed by atoms with E-state index in [1.807, 2.05) is 13.0 Å². The van der Waals surface area contributed by atoms with E-state index in [2.05, 4.69) is 5.32 Å². The van der Waals surface area contributed by atoms with Crippen LogP contribution in [-0.4, -0.2) is 23.3 Å². The Hall–Kier alpha value is -3.09. The zero-order chi connectivity index (χ0) is 20.7. The van der Waals surface area contributed by atoms with E-state index in [9.17, 15) is 22.8 Å². The summed E-state index contributed by atoms with van der Waals surface area (Å²) in [5, 5.41) is 2.67. The molecule has 2 rings (SSSR count). The van der Waals surface area contributed by atoms with Crippen LogP contribution >= 0.6 is 0 Å². The summed E-state index contributed by atoms with van der Waals surface area (Å²) in [4.78, 5) is 25.3. The Labute approximate surface area is 161 Å². The highest BCUT2D eigenvalue weighted by molar-refractivity contribution is 6.01. The molecule has 148 valence electrons. The number of rotatable bonds is 6. The second-order valence-electron chi connectivity index (χ2n) is 6.18. The second kappa shape index (κ2) is 9.21. The van der Waals surface area contributed by atoms with Gasteiger partial charge in [0.25, 0.3) is 0 Å². The molecule has 0 aliphatic carbocycles. The van der Waals surface area contributed by atoms with Gasteiger partial charge >= 0.3 is 6.18 Å². The van der Waals surface area contributed by atoms with Crippen LogP contribution in [0.1, 0.15) is 30.5 Å². The molecule has 0 heterocycles. The van der Waals surface area contributed by atoms with E-state index in [4.69, 9.17) is 0 Å². The van der Waals surface area contributed by atoms with Crippen molar-refractivity contribution in [3.05, 3.63) is 71.3 Å². The number of nitrogens with zero attached hydrogens (tertiary/aromatic N) is 1. The summed E-state index contributed by atoms with van der Waals surface area (Å²) in [5.74, 6) is -0.505. The van der Waals surface area contributed by atoms with Crippen LogP contribution in [0.3, 0.4) is 0 Å². The van der Waals surface area contributed by atoms with Crippen molar-refractivity contribution >= 4 is 23.6 Å². The molecule has 2 aromatic rings. The minimum Gasteiger partial charge on any atom is -0.339 e. The van der Waals surface area contributed by atoms with Crippen LogP contribution in [0.25, 0.3) is 6.08 Å². The maximum atomic E-state index is 12.7. The van der Waals surface area contributed by atoms with Crippen LogP contribution in [0.5, 0.6) is 0 Å². The Balaban J connectivity index is 2.04. The van der Waals surface area contributed by atoms with E-state index in [1.54, 1.807) is 23.1 Å². The molecule has 4 nitrogen and oxygen atoms in total. The molecule has 0 fully saturated rings. The number of hydrogen-bond acceptors (Lipinski definition) is 2. The molecule has 0 aromatic heterocycles. The van der Waals surface area contributed by atoms with Crippen LogP contribution in [0.15, 0.2) is 54.6 Å². The molecule has 0 radical (unpaired) electrons. The number of carbonyl (C=O) groups excluding carboxylic acids is 2. The van der Waals surface area contributed by atoms with Gasteiger partial charge in [-0.1, -0.05) is 24.3 Å². The third kappa shape index (κ3) is 6.26. The van der Waals surface area contributed by atoms with Crippen molar-refractivity contribution in [1.29, 1.82) is 0 Å². The lowest BCUT2D eigenvalue weighted by Crippen LogP contribution is -2.27. The van der Waals surface area contributed by atoms with Crippen molar-refractivity contribution in [2.45, 2.75) is 26.6 Å². The molecule has 7 heteroatoms. The lowest BCUT2D eigenvalue weighted by atomic mass is 10.1. The van der Waals surface area contributed by atoms with Crippen molar-refractivity contribution in [3.63, 3.8) is 0 Å². The highest BCUT2D eigenvalue weighted by atomic mass is 19.4. The zero-order valence-electron chi connectivity index (χ0n) is 15.6. The fourth-order valence-electron chi connectivity index (χ4n) is 2.59. The Morgan fingerprint density at radius 3 is 2.46 bits per heavy atom. The van der Waals surface area contributed by atoms with Gasteiger partial charge < -0.3 is 10.2 Å². The number of hydrogen-bond donors (Lipinski definition) is 1. The fourth-order valence-corrected chi connectivity index (χ4v) is 2.59. The normalized spacial score (nSPS) is 11.5. The van der Waals surface area contributed by atoms with Gasteiger partial charge in [0, 0.05) is 31.8 Å². The minimum absolute atomic E-state index is 0.0408. The molecule has 0 bridgehead atoms. The lowest BCUT2D eigenvalue weighted by Gasteiger charge is -2.19. The Bertz CT molecular complexity index is 876. The van der Waals surface area contributed by atoms with Gasteiger partial charge in [0.15, 0.2) is 0 Å². The van der Waals surface area contributed by atoms with Crippen molar-refractivity contribution in [2.75, 3.05) is 11.9 Å². The number of carbonyl (C=O) groups is 2. The maximum absolute atomic E-state index is 12.7. The molecule has 0 aliphatic heterocycles. The van der Waals surface area contributed by atoms with Gasteiger partial charge in [-0.3, -0.25) is 9.59 Å². The predicted octanol–water partition coefficient (Wildman–Crippen LogP) is 4.73. The first kappa shape index (κ1) is 21.2. The standard InChI is InChI=1S/C21H21F3N2O2/c1-3-26(15(2)27)14-17-7-5-9-19(13-17)25-20(28)11-10-16-6-4-8-18(12-16)21(22,23)24/h4-13H,3,14H2,1-2H3,(H,25,28)/b11-10+. The van der Waals surface area contributed by atoms with Gasteiger partial charge in [-0.15, -0.1) is 0 Å². The SMILES string of the molecule is CCN(Cc1cccc(NC(=O)/C=C/c2cccc(C(F)(F)F)c2)c1)C(C)=O. The van der Waals surface area contributed by atoms with Crippen molar-refractivity contribution < 1.29 is 22.8 Å². The molecule has 0 aliphatic rings. The molecule has 0 saturated carbocycles. The molecule has 2 amide bonds. The summed E-state index contributed by atoms with van der Waals surface area (Å²) < 4.78 is 38.2. The van der Waals surface area contributed by atoms with Crippen LogP contribution in [0, 0.1) is 0 Å². The first-order valence-corrected chi connectivity index (χ1v) is 8.70. The van der Waals surface area contributed by atoms with Gasteiger partial charge in [0.2, 0.25) is 11.8 Å². The average Bonchev–Trinajstić information content (AvgIpc) is 2.64. The lowest BCUT2D eigenvalue weighted by molar-refractivity contribution is -0.137. The van der Waals surface area contributed by atoms with Gasteiger partial charge in [-0.2, -0.15) is 13.2 Å². The first-order valence-electron chi connectivity index (χ1n) is 8.70. The van der Waals surface area contributed by atoms with Gasteiger partial charge in [-0.25, -0.2) is 0 Å². The van der Waals surface area contributed by atoms with Crippen LogP contribution in [0.2, 0.25) is 0 Å². The van der Waals surface area contributed by atoms with Gasteiger partial charge in [-0.05, 0) is 48.4 Å². The number of nitrogens with one attached hydrogen (secondary N) is 1. The molecule has 1 N–H and O–H groups in total. The molecule has 0 spiro atoms. The quantitative estimate of drug-likeness (QED) is 0.726. The van der Waals surface area contributed by atoms with Gasteiger partial charge in [0.1, 0.15) is 0 Å². The van der Waals surface area contributed by atoms with Crippen molar-refractivity contribution in [1.82, 2.24) is 4.90 Å². The van der Waals surface area contributed by atoms with Crippen molar-refractivity contribution in [3.8, 4) is 0 Å². The number of alkyl halides is 3. The Morgan fingerprint density at radius 2 is 1.82 bits per heavy atom. The van der Waals surface area contributed by atoms with Crippen LogP contribution in [0.4, 0.5) is 18.9 Å². The largest absolute Gasteiger partial charge is 0.416 e. The van der Waals surface area contributed by atoms with Crippen LogP contribution < -0.4 is 5.32 Å². The molecular weight excluding hydrogens is 369 g/mol.